The molecule has 1 aliphatic heterocycles. The minimum absolute atomic E-state index is 0.162. The van der Waals surface area contributed by atoms with Crippen molar-refractivity contribution in [1.82, 2.24) is 30.3 Å². The van der Waals surface area contributed by atoms with E-state index in [0.29, 0.717) is 58.5 Å². The largest absolute Gasteiger partial charge is 0.427 e. The number of imidazole rings is 1. The number of aliphatic hydroxyl groups excluding tert-OH is 1. The fraction of sp³-hybridized carbons (Fsp3) is 0.586. The van der Waals surface area contributed by atoms with E-state index >= 15 is 0 Å². The Hall–Kier alpha value is -3.28. The Bertz CT molecular complexity index is 1350. The lowest BCUT2D eigenvalue weighted by atomic mass is 9.80. The van der Waals surface area contributed by atoms with Gasteiger partial charge >= 0.3 is 6.09 Å². The van der Waals surface area contributed by atoms with E-state index in [-0.39, 0.29) is 6.04 Å². The molecule has 6 rings (SSSR count). The van der Waals surface area contributed by atoms with Gasteiger partial charge in [0.25, 0.3) is 0 Å². The first kappa shape index (κ1) is 26.9. The summed E-state index contributed by atoms with van der Waals surface area (Å²) in [7, 11) is 0. The highest BCUT2D eigenvalue weighted by Crippen LogP contribution is 2.38. The zero-order chi connectivity index (χ0) is 27.9. The maximum absolute atomic E-state index is 12.0. The molecule has 1 amide bonds. The lowest BCUT2D eigenvalue weighted by Gasteiger charge is -2.33. The molecular weight excluding hydrogens is 510 g/mol. The van der Waals surface area contributed by atoms with Crippen molar-refractivity contribution in [2.75, 3.05) is 11.9 Å². The third kappa shape index (κ3) is 5.02. The Kier molecular flexibility index (Phi) is 7.37. The van der Waals surface area contributed by atoms with E-state index in [0.717, 1.165) is 38.5 Å². The molecule has 3 aliphatic rings. The average molecular weight is 550 g/mol. The number of nitrogens with one attached hydrogen (secondary N) is 3. The van der Waals surface area contributed by atoms with E-state index in [1.807, 2.05) is 22.8 Å². The highest BCUT2D eigenvalue weighted by Gasteiger charge is 2.39. The Labute approximate surface area is 233 Å². The number of anilines is 1. The molecule has 3 atom stereocenters. The third-order valence-corrected chi connectivity index (χ3v) is 9.06. The summed E-state index contributed by atoms with van der Waals surface area (Å²) in [6, 6.07) is 9.31. The number of carbonyl (C=O) groups is 1. The minimum Gasteiger partial charge on any atom is -0.393 e. The standard InChI is InChI=1S/C29H39N7O4/c1-17-11-13-19(14-12-17)15-36-22-23(30-18(2)20-7-6-8-20)31-25(26-34-28(38)40-35-26)32-24(22)33-27(36)29(39,16-37)21-9-4-3-5-10-21/h3-5,9-10,17-20,26,35,37,39H,6-8,11-16H2,1-2H3,(H,34,38)(H,30,31,32)/t17?,18-,19?,26?,29?/m1/s1. The van der Waals surface area contributed by atoms with E-state index in [4.69, 9.17) is 19.8 Å². The smallest absolute Gasteiger partial charge is 0.393 e. The van der Waals surface area contributed by atoms with Gasteiger partial charge in [0.1, 0.15) is 5.52 Å². The van der Waals surface area contributed by atoms with Crippen LogP contribution in [0.25, 0.3) is 11.2 Å². The minimum atomic E-state index is -1.75. The molecule has 3 fully saturated rings. The third-order valence-electron chi connectivity index (χ3n) is 9.06. The number of aliphatic hydroxyl groups is 2. The molecule has 0 spiro atoms. The normalized spacial score (nSPS) is 25.6. The molecule has 2 aromatic heterocycles. The van der Waals surface area contributed by atoms with Crippen LogP contribution in [-0.2, 0) is 17.0 Å². The molecule has 11 heteroatoms. The summed E-state index contributed by atoms with van der Waals surface area (Å²) in [4.78, 5) is 31.2. The molecule has 0 bridgehead atoms. The molecule has 3 heterocycles. The topological polar surface area (TPSA) is 146 Å². The van der Waals surface area contributed by atoms with Crippen LogP contribution in [0.15, 0.2) is 30.3 Å². The van der Waals surface area contributed by atoms with E-state index < -0.39 is 24.5 Å². The first-order chi connectivity index (χ1) is 19.4. The lowest BCUT2D eigenvalue weighted by molar-refractivity contribution is 0.00664. The van der Waals surface area contributed by atoms with Crippen molar-refractivity contribution in [3.8, 4) is 0 Å². The highest BCUT2D eigenvalue weighted by atomic mass is 16.7. The number of hydrogen-bond acceptors (Lipinski definition) is 9. The lowest BCUT2D eigenvalue weighted by Crippen LogP contribution is -2.36. The molecule has 2 aliphatic carbocycles. The van der Waals surface area contributed by atoms with E-state index in [2.05, 4.69) is 30.0 Å². The number of aromatic nitrogens is 4. The fourth-order valence-electron chi connectivity index (χ4n) is 6.23. The predicted molar refractivity (Wildman–Crippen MR) is 149 cm³/mol. The Morgan fingerprint density at radius 1 is 1.12 bits per heavy atom. The molecule has 1 saturated heterocycles. The van der Waals surface area contributed by atoms with E-state index in [9.17, 15) is 15.0 Å². The molecule has 3 aromatic rings. The van der Waals surface area contributed by atoms with Crippen LogP contribution in [0.1, 0.15) is 82.2 Å². The van der Waals surface area contributed by atoms with Crippen LogP contribution in [0.2, 0.25) is 0 Å². The van der Waals surface area contributed by atoms with E-state index in [1.54, 1.807) is 12.1 Å². The van der Waals surface area contributed by atoms with Gasteiger partial charge in [0, 0.05) is 12.6 Å². The Morgan fingerprint density at radius 2 is 1.88 bits per heavy atom. The van der Waals surface area contributed by atoms with Crippen molar-refractivity contribution in [3.05, 3.63) is 47.5 Å². The number of rotatable bonds is 9. The molecule has 0 radical (unpaired) electrons. The van der Waals surface area contributed by atoms with Crippen LogP contribution in [0.4, 0.5) is 10.6 Å². The van der Waals surface area contributed by atoms with Crippen LogP contribution in [0.3, 0.4) is 0 Å². The number of hydrogen-bond donors (Lipinski definition) is 5. The zero-order valence-electron chi connectivity index (χ0n) is 23.1. The number of carbonyl (C=O) groups excluding carboxylic acids is 1. The van der Waals surface area contributed by atoms with Crippen LogP contribution in [0, 0.1) is 17.8 Å². The molecule has 5 N–H and O–H groups in total. The number of fused-ring (bicyclic) bond motifs is 1. The Morgan fingerprint density at radius 3 is 2.50 bits per heavy atom. The van der Waals surface area contributed by atoms with Gasteiger partial charge in [0.15, 0.2) is 34.9 Å². The van der Waals surface area contributed by atoms with Gasteiger partial charge in [-0.05, 0) is 55.9 Å². The Balaban J connectivity index is 1.52. The summed E-state index contributed by atoms with van der Waals surface area (Å²) < 4.78 is 2.02. The number of nitrogens with zero attached hydrogens (tertiary/aromatic N) is 4. The fourth-order valence-corrected chi connectivity index (χ4v) is 6.23. The average Bonchev–Trinajstić information content (AvgIpc) is 3.53. The summed E-state index contributed by atoms with van der Waals surface area (Å²) in [5.74, 6) is 2.87. The van der Waals surface area contributed by atoms with Crippen LogP contribution >= 0.6 is 0 Å². The van der Waals surface area contributed by atoms with Gasteiger partial charge < -0.3 is 24.9 Å². The van der Waals surface area contributed by atoms with Crippen molar-refractivity contribution >= 4 is 23.1 Å². The first-order valence-corrected chi connectivity index (χ1v) is 14.5. The summed E-state index contributed by atoms with van der Waals surface area (Å²) in [5.41, 5.74) is 2.52. The predicted octanol–water partition coefficient (Wildman–Crippen LogP) is 3.72. The monoisotopic (exact) mass is 549 g/mol. The van der Waals surface area contributed by atoms with Gasteiger partial charge in [-0.1, -0.05) is 56.5 Å². The number of benzene rings is 1. The van der Waals surface area contributed by atoms with E-state index in [1.165, 1.54) is 6.42 Å². The van der Waals surface area contributed by atoms with Gasteiger partial charge in [-0.3, -0.25) is 5.32 Å². The summed E-state index contributed by atoms with van der Waals surface area (Å²) in [6.45, 7) is 4.54. The molecule has 40 heavy (non-hydrogen) atoms. The van der Waals surface area contributed by atoms with Gasteiger partial charge in [-0.2, -0.15) is 0 Å². The quantitative estimate of drug-likeness (QED) is 0.269. The molecule has 2 unspecified atom stereocenters. The SMILES string of the molecule is CC1CCC(Cn2c(C(O)(CO)c3ccccc3)nc3nc(C4NOC(=O)N4)nc(N[C@H](C)C4CCC4)c32)CC1. The van der Waals surface area contributed by atoms with Crippen molar-refractivity contribution in [2.45, 2.75) is 83.1 Å². The maximum atomic E-state index is 12.0. The second-order valence-electron chi connectivity index (χ2n) is 11.9. The van der Waals surface area contributed by atoms with Crippen molar-refractivity contribution < 1.29 is 19.8 Å². The highest BCUT2D eigenvalue weighted by molar-refractivity contribution is 5.84. The second kappa shape index (κ2) is 10.9. The molecular formula is C29H39N7O4. The van der Waals surface area contributed by atoms with Gasteiger partial charge in [0.05, 0.1) is 6.61 Å². The molecule has 214 valence electrons. The van der Waals surface area contributed by atoms with Gasteiger partial charge in [-0.25, -0.2) is 19.7 Å². The maximum Gasteiger partial charge on any atom is 0.427 e. The zero-order valence-corrected chi connectivity index (χ0v) is 23.1. The van der Waals surface area contributed by atoms with Crippen LogP contribution < -0.4 is 16.1 Å². The first-order valence-electron chi connectivity index (χ1n) is 14.5. The van der Waals surface area contributed by atoms with Crippen molar-refractivity contribution in [2.24, 2.45) is 17.8 Å². The summed E-state index contributed by atoms with van der Waals surface area (Å²) in [5, 5.41) is 29.0. The van der Waals surface area contributed by atoms with Crippen molar-refractivity contribution in [3.63, 3.8) is 0 Å². The number of amides is 1. The summed E-state index contributed by atoms with van der Waals surface area (Å²) in [6.07, 6.45) is 6.67. The van der Waals surface area contributed by atoms with Crippen LogP contribution in [-0.4, -0.2) is 48.5 Å². The van der Waals surface area contributed by atoms with Crippen LogP contribution in [0.5, 0.6) is 0 Å². The van der Waals surface area contributed by atoms with Gasteiger partial charge in [0.2, 0.25) is 0 Å². The molecule has 2 saturated carbocycles. The number of hydroxylamine groups is 1. The molecule has 1 aromatic carbocycles. The van der Waals surface area contributed by atoms with Crippen molar-refractivity contribution in [1.29, 1.82) is 0 Å². The summed E-state index contributed by atoms with van der Waals surface area (Å²) >= 11 is 0. The van der Waals surface area contributed by atoms with Gasteiger partial charge in [-0.15, -0.1) is 5.48 Å². The second-order valence-corrected chi connectivity index (χ2v) is 11.9. The molecule has 11 nitrogen and oxygen atoms in total.